The summed E-state index contributed by atoms with van der Waals surface area (Å²) in [5, 5.41) is 4.39. The van der Waals surface area contributed by atoms with Crippen LogP contribution in [0.15, 0.2) is 60.7 Å². The molecule has 35 heavy (non-hydrogen) atoms. The van der Waals surface area contributed by atoms with Crippen LogP contribution in [0.2, 0.25) is 0 Å². The Labute approximate surface area is 209 Å². The fourth-order valence-electron chi connectivity index (χ4n) is 5.28. The number of aromatic nitrogens is 2. The van der Waals surface area contributed by atoms with Gasteiger partial charge in [0.05, 0.1) is 12.3 Å². The van der Waals surface area contributed by atoms with Gasteiger partial charge in [0.15, 0.2) is 0 Å². The number of para-hydroxylation sites is 1. The highest BCUT2D eigenvalue weighted by Gasteiger charge is 2.33. The van der Waals surface area contributed by atoms with Gasteiger partial charge in [0.25, 0.3) is 5.91 Å². The van der Waals surface area contributed by atoms with Crippen LogP contribution in [0, 0.1) is 12.8 Å². The largest absolute Gasteiger partial charge is 0.494 e. The summed E-state index contributed by atoms with van der Waals surface area (Å²) in [6.45, 7) is 7.57. The van der Waals surface area contributed by atoms with Crippen LogP contribution < -0.4 is 4.74 Å². The van der Waals surface area contributed by atoms with Crippen LogP contribution in [0.3, 0.4) is 0 Å². The molecule has 0 radical (unpaired) electrons. The lowest BCUT2D eigenvalue weighted by Crippen LogP contribution is -2.47. The smallest absolute Gasteiger partial charge is 0.272 e. The van der Waals surface area contributed by atoms with Crippen LogP contribution >= 0.6 is 0 Å². The molecule has 2 heterocycles. The van der Waals surface area contributed by atoms with Gasteiger partial charge in [0.1, 0.15) is 11.4 Å². The third-order valence-electron chi connectivity index (χ3n) is 7.17. The van der Waals surface area contributed by atoms with Crippen molar-refractivity contribution < 1.29 is 9.53 Å². The molecule has 2 aromatic carbocycles. The van der Waals surface area contributed by atoms with Crippen molar-refractivity contribution in [2.45, 2.75) is 45.7 Å². The number of likely N-dealkylation sites (N-methyl/N-ethyl adjacent to an activating group) is 1. The van der Waals surface area contributed by atoms with Gasteiger partial charge < -0.3 is 9.64 Å². The minimum atomic E-state index is 0.0436. The van der Waals surface area contributed by atoms with E-state index in [1.165, 1.54) is 11.1 Å². The van der Waals surface area contributed by atoms with Crippen molar-refractivity contribution in [1.82, 2.24) is 19.6 Å². The summed E-state index contributed by atoms with van der Waals surface area (Å²) >= 11 is 0. The SMILES string of the molecule is CCOc1ccccc1CN1CCC([C@H](Cc2ccccc2)N(C)C(=O)c2cc(C)nn2C)CC1. The molecule has 0 aliphatic carbocycles. The summed E-state index contributed by atoms with van der Waals surface area (Å²) in [5.74, 6) is 1.47. The van der Waals surface area contributed by atoms with Gasteiger partial charge >= 0.3 is 0 Å². The lowest BCUT2D eigenvalue weighted by Gasteiger charge is -2.40. The molecule has 1 saturated heterocycles. The standard InChI is InChI=1S/C29H38N4O2/c1-5-35-28-14-10-9-13-25(28)21-33-17-15-24(16-18-33)26(20-23-11-7-6-8-12-23)31(3)29(34)27-19-22(2)30-32(27)4/h6-14,19,24,26H,5,15-18,20-21H2,1-4H3/t26-/m0/s1. The van der Waals surface area contributed by atoms with Gasteiger partial charge in [-0.25, -0.2) is 0 Å². The maximum absolute atomic E-state index is 13.5. The van der Waals surface area contributed by atoms with Crippen LogP contribution in [0.25, 0.3) is 0 Å². The first-order chi connectivity index (χ1) is 17.0. The quantitative estimate of drug-likeness (QED) is 0.450. The number of nitrogens with zero attached hydrogens (tertiary/aromatic N) is 4. The Morgan fingerprint density at radius 3 is 2.46 bits per heavy atom. The second-order valence-corrected chi connectivity index (χ2v) is 9.62. The number of aryl methyl sites for hydroxylation is 2. The first-order valence-corrected chi connectivity index (χ1v) is 12.7. The molecule has 1 aromatic heterocycles. The average molecular weight is 475 g/mol. The van der Waals surface area contributed by atoms with Gasteiger partial charge in [-0.2, -0.15) is 5.10 Å². The second-order valence-electron chi connectivity index (χ2n) is 9.62. The summed E-state index contributed by atoms with van der Waals surface area (Å²) in [6, 6.07) is 20.9. The number of carbonyl (C=O) groups is 1. The minimum Gasteiger partial charge on any atom is -0.494 e. The first kappa shape index (κ1) is 25.0. The summed E-state index contributed by atoms with van der Waals surface area (Å²) in [4.78, 5) is 18.0. The lowest BCUT2D eigenvalue weighted by molar-refractivity contribution is 0.0574. The Bertz CT molecular complexity index is 1100. The highest BCUT2D eigenvalue weighted by Crippen LogP contribution is 2.29. The predicted molar refractivity (Wildman–Crippen MR) is 140 cm³/mol. The van der Waals surface area contributed by atoms with Gasteiger partial charge in [0, 0.05) is 32.2 Å². The van der Waals surface area contributed by atoms with E-state index < -0.39 is 0 Å². The number of hydrogen-bond donors (Lipinski definition) is 0. The van der Waals surface area contributed by atoms with Gasteiger partial charge in [0.2, 0.25) is 0 Å². The fraction of sp³-hybridized carbons (Fsp3) is 0.448. The summed E-state index contributed by atoms with van der Waals surface area (Å²) in [6.07, 6.45) is 2.99. The summed E-state index contributed by atoms with van der Waals surface area (Å²) in [5.41, 5.74) is 4.02. The molecule has 0 unspecified atom stereocenters. The molecule has 0 N–H and O–H groups in total. The highest BCUT2D eigenvalue weighted by molar-refractivity contribution is 5.92. The predicted octanol–water partition coefficient (Wildman–Crippen LogP) is 4.72. The molecule has 1 aliphatic heterocycles. The highest BCUT2D eigenvalue weighted by atomic mass is 16.5. The van der Waals surface area contributed by atoms with E-state index in [4.69, 9.17) is 4.74 Å². The Hall–Kier alpha value is -3.12. The fourth-order valence-corrected chi connectivity index (χ4v) is 5.28. The number of likely N-dealkylation sites (tertiary alicyclic amines) is 1. The summed E-state index contributed by atoms with van der Waals surface area (Å²) in [7, 11) is 3.81. The van der Waals surface area contributed by atoms with Crippen LogP contribution in [-0.4, -0.2) is 58.3 Å². The molecule has 1 aliphatic rings. The summed E-state index contributed by atoms with van der Waals surface area (Å²) < 4.78 is 7.54. The zero-order valence-electron chi connectivity index (χ0n) is 21.5. The van der Waals surface area contributed by atoms with E-state index in [9.17, 15) is 4.79 Å². The van der Waals surface area contributed by atoms with Crippen molar-refractivity contribution in [3.8, 4) is 5.75 Å². The van der Waals surface area contributed by atoms with E-state index in [0.29, 0.717) is 18.2 Å². The van der Waals surface area contributed by atoms with Crippen molar-refractivity contribution in [2.75, 3.05) is 26.7 Å². The Morgan fingerprint density at radius 1 is 1.11 bits per heavy atom. The zero-order chi connectivity index (χ0) is 24.8. The van der Waals surface area contributed by atoms with Crippen LogP contribution in [-0.2, 0) is 20.0 Å². The van der Waals surface area contributed by atoms with Gasteiger partial charge in [-0.05, 0) is 69.8 Å². The molecule has 3 aromatic rings. The Balaban J connectivity index is 1.47. The molecule has 6 heteroatoms. The van der Waals surface area contributed by atoms with E-state index in [2.05, 4.69) is 52.5 Å². The molecule has 1 atom stereocenters. The van der Waals surface area contributed by atoms with Crippen LogP contribution in [0.1, 0.15) is 47.1 Å². The number of benzene rings is 2. The van der Waals surface area contributed by atoms with Crippen LogP contribution in [0.4, 0.5) is 0 Å². The molecular formula is C29H38N4O2. The lowest BCUT2D eigenvalue weighted by atomic mass is 9.84. The van der Waals surface area contributed by atoms with Gasteiger partial charge in [-0.3, -0.25) is 14.4 Å². The molecule has 186 valence electrons. The zero-order valence-corrected chi connectivity index (χ0v) is 21.5. The number of amides is 1. The van der Waals surface area contributed by atoms with E-state index in [1.807, 2.05) is 51.0 Å². The Morgan fingerprint density at radius 2 is 1.80 bits per heavy atom. The van der Waals surface area contributed by atoms with Crippen molar-refractivity contribution in [2.24, 2.45) is 13.0 Å². The van der Waals surface area contributed by atoms with Crippen molar-refractivity contribution in [1.29, 1.82) is 0 Å². The van der Waals surface area contributed by atoms with Crippen LogP contribution in [0.5, 0.6) is 5.75 Å². The third-order valence-corrected chi connectivity index (χ3v) is 7.17. The molecular weight excluding hydrogens is 436 g/mol. The maximum Gasteiger partial charge on any atom is 0.272 e. The molecule has 1 fully saturated rings. The van der Waals surface area contributed by atoms with E-state index in [1.54, 1.807) is 4.68 Å². The van der Waals surface area contributed by atoms with Gasteiger partial charge in [-0.15, -0.1) is 0 Å². The van der Waals surface area contributed by atoms with Gasteiger partial charge in [-0.1, -0.05) is 48.5 Å². The molecule has 0 saturated carbocycles. The molecule has 0 spiro atoms. The maximum atomic E-state index is 13.5. The molecule has 0 bridgehead atoms. The first-order valence-electron chi connectivity index (χ1n) is 12.7. The normalized spacial score (nSPS) is 15.7. The third kappa shape index (κ3) is 6.12. The van der Waals surface area contributed by atoms with E-state index in [-0.39, 0.29) is 11.9 Å². The van der Waals surface area contributed by atoms with E-state index >= 15 is 0 Å². The number of hydrogen-bond acceptors (Lipinski definition) is 4. The number of carbonyl (C=O) groups excluding carboxylic acids is 1. The Kier molecular flexibility index (Phi) is 8.24. The number of rotatable bonds is 9. The topological polar surface area (TPSA) is 50.6 Å². The van der Waals surface area contributed by atoms with E-state index in [0.717, 1.165) is 50.3 Å². The second kappa shape index (κ2) is 11.5. The van der Waals surface area contributed by atoms with Crippen molar-refractivity contribution >= 4 is 5.91 Å². The number of piperidine rings is 1. The van der Waals surface area contributed by atoms with Crippen molar-refractivity contribution in [3.63, 3.8) is 0 Å². The van der Waals surface area contributed by atoms with Crippen molar-refractivity contribution in [3.05, 3.63) is 83.2 Å². The monoisotopic (exact) mass is 474 g/mol. The molecule has 1 amide bonds. The minimum absolute atomic E-state index is 0.0436. The average Bonchev–Trinajstić information content (AvgIpc) is 3.22. The molecule has 6 nitrogen and oxygen atoms in total. The molecule has 4 rings (SSSR count). The number of ether oxygens (including phenoxy) is 1.